The number of aliphatic hydroxyl groups is 1. The second kappa shape index (κ2) is 69.7. The van der Waals surface area contributed by atoms with E-state index in [9.17, 15) is 43.2 Å². The van der Waals surface area contributed by atoms with Crippen molar-refractivity contribution in [3.63, 3.8) is 0 Å². The lowest BCUT2D eigenvalue weighted by molar-refractivity contribution is -0.161. The normalized spacial score (nSPS) is 14.4. The molecule has 5 atom stereocenters. The second-order valence-electron chi connectivity index (χ2n) is 25.2. The Morgan fingerprint density at radius 1 is 0.302 bits per heavy atom. The lowest BCUT2D eigenvalue weighted by Gasteiger charge is -2.21. The lowest BCUT2D eigenvalue weighted by atomic mass is 10.0. The molecular formula is C77H136O17P2. The zero-order valence-corrected chi connectivity index (χ0v) is 62.3. The van der Waals surface area contributed by atoms with Crippen LogP contribution in [0.4, 0.5) is 0 Å². The third-order valence-electron chi connectivity index (χ3n) is 15.9. The van der Waals surface area contributed by atoms with Crippen molar-refractivity contribution < 1.29 is 80.2 Å². The number of ether oxygens (including phenoxy) is 4. The molecule has 0 amide bonds. The van der Waals surface area contributed by atoms with Crippen LogP contribution in [-0.2, 0) is 65.4 Å². The number of phosphoric acid groups is 2. The smallest absolute Gasteiger partial charge is 0.462 e. The van der Waals surface area contributed by atoms with Gasteiger partial charge in [-0.3, -0.25) is 37.3 Å². The highest BCUT2D eigenvalue weighted by atomic mass is 31.2. The van der Waals surface area contributed by atoms with E-state index in [1.807, 2.05) is 12.2 Å². The maximum absolute atomic E-state index is 13.1. The van der Waals surface area contributed by atoms with E-state index < -0.39 is 97.5 Å². The molecule has 0 fully saturated rings. The molecule has 0 rings (SSSR count). The number of carbonyl (C=O) groups excluding carboxylic acids is 4. The third kappa shape index (κ3) is 68.8. The first-order valence-electron chi connectivity index (χ1n) is 37.8. The molecule has 0 heterocycles. The molecule has 0 aromatic heterocycles. The van der Waals surface area contributed by atoms with E-state index in [0.29, 0.717) is 32.1 Å². The summed E-state index contributed by atoms with van der Waals surface area (Å²) >= 11 is 0. The van der Waals surface area contributed by atoms with E-state index >= 15 is 0 Å². The second-order valence-corrected chi connectivity index (χ2v) is 28.1. The summed E-state index contributed by atoms with van der Waals surface area (Å²) in [4.78, 5) is 72.7. The predicted molar refractivity (Wildman–Crippen MR) is 390 cm³/mol. The van der Waals surface area contributed by atoms with Crippen molar-refractivity contribution in [3.05, 3.63) is 85.1 Å². The van der Waals surface area contributed by atoms with Crippen LogP contribution in [0.3, 0.4) is 0 Å². The van der Waals surface area contributed by atoms with Crippen LogP contribution in [0.5, 0.6) is 0 Å². The van der Waals surface area contributed by atoms with E-state index in [4.69, 9.17) is 37.0 Å². The minimum absolute atomic E-state index is 0.0858. The van der Waals surface area contributed by atoms with Gasteiger partial charge in [0.2, 0.25) is 0 Å². The molecule has 5 unspecified atom stereocenters. The van der Waals surface area contributed by atoms with Crippen LogP contribution >= 0.6 is 15.6 Å². The van der Waals surface area contributed by atoms with Gasteiger partial charge in [-0.05, 0) is 96.3 Å². The molecule has 19 heteroatoms. The molecule has 3 N–H and O–H groups in total. The topological polar surface area (TPSA) is 237 Å². The fourth-order valence-corrected chi connectivity index (χ4v) is 11.7. The Labute approximate surface area is 583 Å². The number of phosphoric ester groups is 2. The summed E-state index contributed by atoms with van der Waals surface area (Å²) in [6, 6.07) is 0. The Bertz CT molecular complexity index is 2160. The zero-order chi connectivity index (χ0) is 70.4. The van der Waals surface area contributed by atoms with Gasteiger partial charge >= 0.3 is 39.5 Å². The van der Waals surface area contributed by atoms with Crippen LogP contribution in [0.1, 0.15) is 323 Å². The highest BCUT2D eigenvalue weighted by Crippen LogP contribution is 2.45. The van der Waals surface area contributed by atoms with Gasteiger partial charge in [-0.25, -0.2) is 9.13 Å². The van der Waals surface area contributed by atoms with Gasteiger partial charge in [0.05, 0.1) is 26.4 Å². The summed E-state index contributed by atoms with van der Waals surface area (Å²) < 4.78 is 68.3. The van der Waals surface area contributed by atoms with Crippen LogP contribution in [0.25, 0.3) is 0 Å². The van der Waals surface area contributed by atoms with Crippen molar-refractivity contribution in [1.82, 2.24) is 0 Å². The minimum atomic E-state index is -4.98. The zero-order valence-electron chi connectivity index (χ0n) is 60.5. The van der Waals surface area contributed by atoms with Crippen LogP contribution in [0.15, 0.2) is 85.1 Å². The van der Waals surface area contributed by atoms with Crippen molar-refractivity contribution in [1.29, 1.82) is 0 Å². The van der Waals surface area contributed by atoms with E-state index in [-0.39, 0.29) is 25.7 Å². The van der Waals surface area contributed by atoms with Crippen molar-refractivity contribution in [3.8, 4) is 0 Å². The van der Waals surface area contributed by atoms with Gasteiger partial charge in [0.15, 0.2) is 12.2 Å². The molecule has 0 aliphatic rings. The van der Waals surface area contributed by atoms with Crippen molar-refractivity contribution in [2.45, 2.75) is 341 Å². The van der Waals surface area contributed by atoms with E-state index in [1.54, 1.807) is 0 Å². The molecule has 0 bridgehead atoms. The number of aliphatic hydroxyl groups excluding tert-OH is 1. The number of allylic oxidation sites excluding steroid dienone is 14. The van der Waals surface area contributed by atoms with Crippen molar-refractivity contribution in [2.75, 3.05) is 39.6 Å². The molecule has 0 spiro atoms. The van der Waals surface area contributed by atoms with Crippen LogP contribution in [0.2, 0.25) is 0 Å². The Morgan fingerprint density at radius 2 is 0.552 bits per heavy atom. The Balaban J connectivity index is 5.35. The van der Waals surface area contributed by atoms with Crippen molar-refractivity contribution >= 4 is 39.5 Å². The molecule has 0 radical (unpaired) electrons. The maximum Gasteiger partial charge on any atom is 0.472 e. The monoisotopic (exact) mass is 1390 g/mol. The Hall–Kier alpha value is -3.76. The van der Waals surface area contributed by atoms with Gasteiger partial charge < -0.3 is 33.8 Å². The number of hydrogen-bond donors (Lipinski definition) is 3. The maximum atomic E-state index is 13.1. The third-order valence-corrected chi connectivity index (χ3v) is 17.8. The first-order valence-corrected chi connectivity index (χ1v) is 40.8. The molecule has 0 saturated carbocycles. The Kier molecular flexibility index (Phi) is 67.0. The summed E-state index contributed by atoms with van der Waals surface area (Å²) in [7, 11) is -9.95. The van der Waals surface area contributed by atoms with E-state index in [0.717, 1.165) is 128 Å². The highest BCUT2D eigenvalue weighted by Gasteiger charge is 2.30. The predicted octanol–water partition coefficient (Wildman–Crippen LogP) is 21.4. The van der Waals surface area contributed by atoms with Crippen molar-refractivity contribution in [2.24, 2.45) is 0 Å². The fraction of sp³-hybridized carbons (Fsp3) is 0.766. The average molecular weight is 1400 g/mol. The molecule has 0 aliphatic heterocycles. The molecule has 17 nitrogen and oxygen atoms in total. The van der Waals surface area contributed by atoms with Gasteiger partial charge in [0, 0.05) is 25.7 Å². The van der Waals surface area contributed by atoms with E-state index in [1.165, 1.54) is 109 Å². The number of esters is 4. The van der Waals surface area contributed by atoms with Crippen LogP contribution in [-0.4, -0.2) is 96.7 Å². The fourth-order valence-electron chi connectivity index (χ4n) is 10.1. The standard InChI is InChI=1S/C77H136O17P2/c1-5-9-13-17-21-25-29-32-34-35-37-40-43-46-50-54-58-62-75(80)88-68-73(94-77(82)64-60-56-52-48-44-38-31-27-23-19-15-11-7-3)70-92-96(85,86)90-66-71(78)65-89-95(83,84)91-69-72(93-76(81)63-59-55-51-47-41-28-24-20-16-12-8-4)67-87-74(79)61-57-53-49-45-42-39-36-33-30-26-22-18-14-10-6-2/h9,13,21-22,25-26,32-34,36-37,40,46,50,71-73,78H,5-8,10-12,14-20,23-24,27-31,35,38-39,41-45,47-49,51-70H2,1-4H3,(H,83,84)(H,85,86)/b13-9-,25-21-,26-22-,34-32-,36-33-,40-37-,50-46-. The summed E-state index contributed by atoms with van der Waals surface area (Å²) in [5.41, 5.74) is 0. The molecule has 556 valence electrons. The first-order chi connectivity index (χ1) is 46.7. The summed E-state index contributed by atoms with van der Waals surface area (Å²) in [6.07, 6.45) is 70.1. The van der Waals surface area contributed by atoms with Gasteiger partial charge in [-0.1, -0.05) is 286 Å². The van der Waals surface area contributed by atoms with Gasteiger partial charge in [-0.2, -0.15) is 0 Å². The molecule has 0 aromatic rings. The first kappa shape index (κ1) is 92.2. The van der Waals surface area contributed by atoms with Gasteiger partial charge in [-0.15, -0.1) is 0 Å². The quantitative estimate of drug-likeness (QED) is 0.0169. The minimum Gasteiger partial charge on any atom is -0.462 e. The molecular weight excluding hydrogens is 1260 g/mol. The van der Waals surface area contributed by atoms with E-state index in [2.05, 4.69) is 101 Å². The molecule has 0 saturated heterocycles. The average Bonchev–Trinajstić information content (AvgIpc) is 1.17. The number of rotatable bonds is 71. The Morgan fingerprint density at radius 3 is 0.896 bits per heavy atom. The van der Waals surface area contributed by atoms with Gasteiger partial charge in [0.25, 0.3) is 0 Å². The molecule has 0 aliphatic carbocycles. The number of carbonyl (C=O) groups is 4. The SMILES string of the molecule is CC/C=C\C/C=C\C/C=C\C/C=C\C/C=C\CCCC(=O)OCC(COP(=O)(O)OCC(O)COP(=O)(O)OCC(COC(=O)CCCCCCC/C=C\C/C=C\CCCCC)OC(=O)CCCCCCCCCCCCC)OC(=O)CCCCCCCCCCCCCCC. The molecule has 0 aromatic carbocycles. The summed E-state index contributed by atoms with van der Waals surface area (Å²) in [5, 5.41) is 10.6. The van der Waals surface area contributed by atoms with Crippen LogP contribution in [0, 0.1) is 0 Å². The molecule has 96 heavy (non-hydrogen) atoms. The highest BCUT2D eigenvalue weighted by molar-refractivity contribution is 7.47. The summed E-state index contributed by atoms with van der Waals surface area (Å²) in [5.74, 6) is -2.24. The number of hydrogen-bond acceptors (Lipinski definition) is 15. The van der Waals surface area contributed by atoms with Crippen LogP contribution < -0.4 is 0 Å². The largest absolute Gasteiger partial charge is 0.472 e. The lowest BCUT2D eigenvalue weighted by Crippen LogP contribution is -2.30. The number of unbranched alkanes of at least 4 members (excludes halogenated alkanes) is 31. The van der Waals surface area contributed by atoms with Gasteiger partial charge in [0.1, 0.15) is 19.3 Å². The summed E-state index contributed by atoms with van der Waals surface area (Å²) in [6.45, 7) is 4.67.